The molecule has 2 aromatic rings. The molecule has 2 N–H and O–H groups in total. The molecule has 1 amide bonds. The summed E-state index contributed by atoms with van der Waals surface area (Å²) in [5, 5.41) is 15.8. The molecular weight excluding hydrogens is 337 g/mol. The second kappa shape index (κ2) is 7.68. The van der Waals surface area contributed by atoms with E-state index in [4.69, 9.17) is 5.11 Å². The minimum atomic E-state index is -0.840. The van der Waals surface area contributed by atoms with E-state index in [2.05, 4.69) is 10.4 Å². The highest BCUT2D eigenvalue weighted by Crippen LogP contribution is 2.28. The molecule has 0 saturated carbocycles. The van der Waals surface area contributed by atoms with Crippen molar-refractivity contribution < 1.29 is 19.1 Å². The van der Waals surface area contributed by atoms with Crippen LogP contribution in [0.3, 0.4) is 0 Å². The van der Waals surface area contributed by atoms with E-state index in [1.54, 1.807) is 10.7 Å². The zero-order chi connectivity index (χ0) is 18.7. The van der Waals surface area contributed by atoms with Crippen LogP contribution in [0.1, 0.15) is 53.0 Å². The number of amides is 1. The summed E-state index contributed by atoms with van der Waals surface area (Å²) in [6.45, 7) is 2.22. The minimum Gasteiger partial charge on any atom is -0.481 e. The standard InChI is InChI=1S/C19H22FN3O3/c1-12-8-9-16(14(20)11-12)23-15-6-4-5-13(15)18(22-23)19(26)21-10-3-2-7-17(24)25/h8-9,11H,2-7,10H2,1H3,(H,21,26)(H,24,25). The number of aryl methyl sites for hydroxylation is 1. The lowest BCUT2D eigenvalue weighted by molar-refractivity contribution is -0.137. The average molecular weight is 359 g/mol. The Kier molecular flexibility index (Phi) is 5.35. The SMILES string of the molecule is Cc1ccc(-n2nc(C(=O)NCCCCC(=O)O)c3c2CCC3)c(F)c1. The number of unbranched alkanes of at least 4 members (excludes halogenated alkanes) is 1. The van der Waals surface area contributed by atoms with Crippen LogP contribution in [0.15, 0.2) is 18.2 Å². The molecule has 6 nitrogen and oxygen atoms in total. The molecule has 1 aliphatic rings. The third-order valence-corrected chi connectivity index (χ3v) is 4.58. The number of carbonyl (C=O) groups is 2. The number of nitrogens with zero attached hydrogens (tertiary/aromatic N) is 2. The number of carbonyl (C=O) groups excluding carboxylic acids is 1. The van der Waals surface area contributed by atoms with Crippen molar-refractivity contribution in [3.63, 3.8) is 0 Å². The van der Waals surface area contributed by atoms with E-state index >= 15 is 0 Å². The maximum atomic E-state index is 14.4. The minimum absolute atomic E-state index is 0.0899. The molecule has 138 valence electrons. The molecular formula is C19H22FN3O3. The Bertz CT molecular complexity index is 845. The fourth-order valence-electron chi connectivity index (χ4n) is 3.29. The van der Waals surface area contributed by atoms with Crippen molar-refractivity contribution in [1.29, 1.82) is 0 Å². The Balaban J connectivity index is 1.77. The van der Waals surface area contributed by atoms with Gasteiger partial charge in [0.15, 0.2) is 5.69 Å². The van der Waals surface area contributed by atoms with Crippen LogP contribution in [0.5, 0.6) is 0 Å². The van der Waals surface area contributed by atoms with Crippen LogP contribution in [0, 0.1) is 12.7 Å². The van der Waals surface area contributed by atoms with Gasteiger partial charge in [0.05, 0.1) is 0 Å². The Morgan fingerprint density at radius 1 is 1.31 bits per heavy atom. The summed E-state index contributed by atoms with van der Waals surface area (Å²) in [7, 11) is 0. The second-order valence-electron chi connectivity index (χ2n) is 6.60. The lowest BCUT2D eigenvalue weighted by atomic mass is 10.2. The van der Waals surface area contributed by atoms with Crippen LogP contribution in [0.2, 0.25) is 0 Å². The predicted molar refractivity (Wildman–Crippen MR) is 94.1 cm³/mol. The van der Waals surface area contributed by atoms with Crippen molar-refractivity contribution in [3.8, 4) is 5.69 Å². The summed E-state index contributed by atoms with van der Waals surface area (Å²) in [5.41, 5.74) is 3.30. The summed E-state index contributed by atoms with van der Waals surface area (Å²) in [6.07, 6.45) is 3.63. The van der Waals surface area contributed by atoms with Gasteiger partial charge in [-0.05, 0) is 56.7 Å². The zero-order valence-electron chi connectivity index (χ0n) is 14.7. The Morgan fingerprint density at radius 3 is 2.85 bits per heavy atom. The first-order valence-electron chi connectivity index (χ1n) is 8.84. The van der Waals surface area contributed by atoms with Crippen molar-refractivity contribution in [2.24, 2.45) is 0 Å². The van der Waals surface area contributed by atoms with E-state index in [0.29, 0.717) is 30.8 Å². The van der Waals surface area contributed by atoms with Crippen molar-refractivity contribution in [2.75, 3.05) is 6.54 Å². The van der Waals surface area contributed by atoms with Gasteiger partial charge in [-0.3, -0.25) is 9.59 Å². The van der Waals surface area contributed by atoms with Crippen LogP contribution >= 0.6 is 0 Å². The summed E-state index contributed by atoms with van der Waals surface area (Å²) in [4.78, 5) is 23.0. The van der Waals surface area contributed by atoms with Gasteiger partial charge in [0, 0.05) is 24.2 Å². The lowest BCUT2D eigenvalue weighted by Crippen LogP contribution is -2.26. The monoisotopic (exact) mass is 359 g/mol. The number of hydrogen-bond acceptors (Lipinski definition) is 3. The van der Waals surface area contributed by atoms with Gasteiger partial charge >= 0.3 is 5.97 Å². The number of aliphatic carboxylic acids is 1. The summed E-state index contributed by atoms with van der Waals surface area (Å²) in [5.74, 6) is -1.49. The normalized spacial score (nSPS) is 12.8. The maximum Gasteiger partial charge on any atom is 0.303 e. The molecule has 1 aromatic heterocycles. The second-order valence-corrected chi connectivity index (χ2v) is 6.60. The van der Waals surface area contributed by atoms with Crippen molar-refractivity contribution in [3.05, 3.63) is 46.5 Å². The number of carboxylic acid groups (broad SMARTS) is 1. The number of hydrogen-bond donors (Lipinski definition) is 2. The highest BCUT2D eigenvalue weighted by molar-refractivity contribution is 5.94. The highest BCUT2D eigenvalue weighted by atomic mass is 19.1. The van der Waals surface area contributed by atoms with E-state index in [1.165, 1.54) is 6.07 Å². The van der Waals surface area contributed by atoms with Gasteiger partial charge in [-0.15, -0.1) is 0 Å². The molecule has 0 bridgehead atoms. The van der Waals surface area contributed by atoms with E-state index < -0.39 is 5.97 Å². The molecule has 1 aliphatic carbocycles. The first-order valence-corrected chi connectivity index (χ1v) is 8.84. The summed E-state index contributed by atoms with van der Waals surface area (Å²) >= 11 is 0. The quantitative estimate of drug-likeness (QED) is 0.745. The van der Waals surface area contributed by atoms with E-state index in [-0.39, 0.29) is 18.1 Å². The van der Waals surface area contributed by atoms with Gasteiger partial charge in [0.25, 0.3) is 5.91 Å². The lowest BCUT2D eigenvalue weighted by Gasteiger charge is -2.07. The summed E-state index contributed by atoms with van der Waals surface area (Å²) in [6, 6.07) is 4.97. The third kappa shape index (κ3) is 3.76. The molecule has 0 spiro atoms. The first-order chi connectivity index (χ1) is 12.5. The first kappa shape index (κ1) is 18.1. The number of fused-ring (bicyclic) bond motifs is 1. The van der Waals surface area contributed by atoms with Crippen LogP contribution in [-0.2, 0) is 17.6 Å². The van der Waals surface area contributed by atoms with Gasteiger partial charge in [-0.25, -0.2) is 9.07 Å². The van der Waals surface area contributed by atoms with Crippen molar-refractivity contribution >= 4 is 11.9 Å². The molecule has 1 heterocycles. The molecule has 0 aliphatic heterocycles. The topological polar surface area (TPSA) is 84.2 Å². The average Bonchev–Trinajstić information content (AvgIpc) is 3.17. The fourth-order valence-corrected chi connectivity index (χ4v) is 3.29. The highest BCUT2D eigenvalue weighted by Gasteiger charge is 2.27. The molecule has 3 rings (SSSR count). The van der Waals surface area contributed by atoms with Crippen molar-refractivity contribution in [1.82, 2.24) is 15.1 Å². The molecule has 7 heteroatoms. The van der Waals surface area contributed by atoms with Crippen LogP contribution in [0.25, 0.3) is 5.69 Å². The van der Waals surface area contributed by atoms with E-state index in [1.807, 2.05) is 13.0 Å². The van der Waals surface area contributed by atoms with Gasteiger partial charge in [-0.1, -0.05) is 6.07 Å². The molecule has 1 aromatic carbocycles. The molecule has 26 heavy (non-hydrogen) atoms. The van der Waals surface area contributed by atoms with Crippen LogP contribution in [-0.4, -0.2) is 33.3 Å². The maximum absolute atomic E-state index is 14.4. The molecule has 0 radical (unpaired) electrons. The van der Waals surface area contributed by atoms with Crippen LogP contribution in [0.4, 0.5) is 4.39 Å². The number of nitrogens with one attached hydrogen (secondary N) is 1. The number of carboxylic acids is 1. The smallest absolute Gasteiger partial charge is 0.303 e. The van der Waals surface area contributed by atoms with Crippen LogP contribution < -0.4 is 5.32 Å². The van der Waals surface area contributed by atoms with E-state index in [9.17, 15) is 14.0 Å². The number of aromatic nitrogens is 2. The molecule has 0 saturated heterocycles. The zero-order valence-corrected chi connectivity index (χ0v) is 14.7. The predicted octanol–water partition coefficient (Wildman–Crippen LogP) is 2.79. The Hall–Kier alpha value is -2.70. The molecule has 0 unspecified atom stereocenters. The largest absolute Gasteiger partial charge is 0.481 e. The van der Waals surface area contributed by atoms with E-state index in [0.717, 1.165) is 36.1 Å². The van der Waals surface area contributed by atoms with Gasteiger partial charge in [0.1, 0.15) is 11.5 Å². The van der Waals surface area contributed by atoms with Gasteiger partial charge in [-0.2, -0.15) is 5.10 Å². The third-order valence-electron chi connectivity index (χ3n) is 4.58. The van der Waals surface area contributed by atoms with Crippen molar-refractivity contribution in [2.45, 2.75) is 45.4 Å². The number of rotatable bonds is 7. The molecule has 0 atom stereocenters. The van der Waals surface area contributed by atoms with Gasteiger partial charge < -0.3 is 10.4 Å². The number of benzene rings is 1. The summed E-state index contributed by atoms with van der Waals surface area (Å²) < 4.78 is 15.9. The Morgan fingerprint density at radius 2 is 2.12 bits per heavy atom. The fraction of sp³-hybridized carbons (Fsp3) is 0.421. The van der Waals surface area contributed by atoms with Gasteiger partial charge in [0.2, 0.25) is 0 Å². The number of halogens is 1. The Labute approximate surface area is 151 Å². The molecule has 0 fully saturated rings.